The zero-order valence-corrected chi connectivity index (χ0v) is 6.92. The Bertz CT molecular complexity index is 303. The van der Waals surface area contributed by atoms with E-state index in [9.17, 15) is 9.90 Å². The molecular weight excluding hydrogens is 168 g/mol. The van der Waals surface area contributed by atoms with Crippen molar-refractivity contribution >= 4 is 5.97 Å². The molecule has 0 saturated carbocycles. The first kappa shape index (κ1) is 9.48. The number of aliphatic hydroxyl groups is 1. The van der Waals surface area contributed by atoms with E-state index in [1.165, 1.54) is 6.08 Å². The lowest BCUT2D eigenvalue weighted by Crippen LogP contribution is -1.94. The summed E-state index contributed by atoms with van der Waals surface area (Å²) in [5.74, 6) is -1.06. The maximum atomic E-state index is 10.1. The molecule has 0 spiro atoms. The first-order valence-electron chi connectivity index (χ1n) is 3.84. The van der Waals surface area contributed by atoms with Gasteiger partial charge in [-0.25, -0.2) is 4.79 Å². The van der Waals surface area contributed by atoms with E-state index in [-0.39, 0.29) is 0 Å². The molecular formula is C10H10O3. The van der Waals surface area contributed by atoms with E-state index >= 15 is 0 Å². The molecule has 1 rings (SSSR count). The molecule has 1 unspecified atom stereocenters. The van der Waals surface area contributed by atoms with Crippen LogP contribution in [-0.2, 0) is 4.79 Å². The van der Waals surface area contributed by atoms with Crippen LogP contribution in [0.1, 0.15) is 11.7 Å². The van der Waals surface area contributed by atoms with E-state index in [1.54, 1.807) is 24.3 Å². The molecule has 13 heavy (non-hydrogen) atoms. The summed E-state index contributed by atoms with van der Waals surface area (Å²) in [6.45, 7) is 0. The summed E-state index contributed by atoms with van der Waals surface area (Å²) in [5, 5.41) is 17.7. The highest BCUT2D eigenvalue weighted by Crippen LogP contribution is 2.12. The molecule has 0 fully saturated rings. The van der Waals surface area contributed by atoms with Gasteiger partial charge in [-0.15, -0.1) is 0 Å². The molecule has 0 aromatic heterocycles. The fourth-order valence-corrected chi connectivity index (χ4v) is 0.935. The lowest BCUT2D eigenvalue weighted by atomic mass is 10.1. The predicted octanol–water partition coefficient (Wildman–Crippen LogP) is 1.36. The van der Waals surface area contributed by atoms with Gasteiger partial charge in [0.15, 0.2) is 0 Å². The Labute approximate surface area is 76.0 Å². The SMILES string of the molecule is O=C(O)/C=C/C(O)c1ccccc1. The smallest absolute Gasteiger partial charge is 0.328 e. The van der Waals surface area contributed by atoms with Crippen LogP contribution in [0.4, 0.5) is 0 Å². The molecule has 0 heterocycles. The molecule has 1 atom stereocenters. The standard InChI is InChI=1S/C10H10O3/c11-9(6-7-10(12)13)8-4-2-1-3-5-8/h1-7,9,11H,(H,12,13)/b7-6+. The molecule has 0 amide bonds. The van der Waals surface area contributed by atoms with Gasteiger partial charge in [0.25, 0.3) is 0 Å². The van der Waals surface area contributed by atoms with Gasteiger partial charge in [-0.3, -0.25) is 0 Å². The van der Waals surface area contributed by atoms with Crippen molar-refractivity contribution in [3.63, 3.8) is 0 Å². The third-order valence-corrected chi connectivity index (χ3v) is 1.56. The quantitative estimate of drug-likeness (QED) is 0.687. The number of aliphatic hydroxyl groups excluding tert-OH is 1. The van der Waals surface area contributed by atoms with Crippen molar-refractivity contribution < 1.29 is 15.0 Å². The van der Waals surface area contributed by atoms with Gasteiger partial charge in [-0.05, 0) is 11.6 Å². The topological polar surface area (TPSA) is 57.5 Å². The minimum absolute atomic E-state index is 0.681. The van der Waals surface area contributed by atoms with Gasteiger partial charge in [0.1, 0.15) is 0 Å². The van der Waals surface area contributed by atoms with E-state index < -0.39 is 12.1 Å². The monoisotopic (exact) mass is 178 g/mol. The van der Waals surface area contributed by atoms with Crippen LogP contribution in [0.2, 0.25) is 0 Å². The molecule has 68 valence electrons. The molecule has 3 nitrogen and oxygen atoms in total. The number of carbonyl (C=O) groups is 1. The van der Waals surface area contributed by atoms with Crippen LogP contribution < -0.4 is 0 Å². The van der Waals surface area contributed by atoms with E-state index in [1.807, 2.05) is 6.07 Å². The van der Waals surface area contributed by atoms with Crippen LogP contribution in [0.5, 0.6) is 0 Å². The summed E-state index contributed by atoms with van der Waals surface area (Å²) in [6.07, 6.45) is 1.31. The van der Waals surface area contributed by atoms with Crippen molar-refractivity contribution in [1.82, 2.24) is 0 Å². The zero-order chi connectivity index (χ0) is 9.68. The van der Waals surface area contributed by atoms with E-state index in [2.05, 4.69) is 0 Å². The lowest BCUT2D eigenvalue weighted by Gasteiger charge is -2.03. The Balaban J connectivity index is 2.69. The van der Waals surface area contributed by atoms with Crippen molar-refractivity contribution in [2.45, 2.75) is 6.10 Å². The third-order valence-electron chi connectivity index (χ3n) is 1.56. The second-order valence-corrected chi connectivity index (χ2v) is 2.55. The van der Waals surface area contributed by atoms with Gasteiger partial charge >= 0.3 is 5.97 Å². The zero-order valence-electron chi connectivity index (χ0n) is 6.92. The van der Waals surface area contributed by atoms with Crippen LogP contribution in [0, 0.1) is 0 Å². The summed E-state index contributed by atoms with van der Waals surface area (Å²) >= 11 is 0. The van der Waals surface area contributed by atoms with Gasteiger partial charge in [0.05, 0.1) is 6.10 Å². The van der Waals surface area contributed by atoms with Crippen LogP contribution in [0.15, 0.2) is 42.5 Å². The second kappa shape index (κ2) is 4.42. The Morgan fingerprint density at radius 1 is 1.31 bits per heavy atom. The van der Waals surface area contributed by atoms with Crippen molar-refractivity contribution in [2.24, 2.45) is 0 Å². The number of hydrogen-bond donors (Lipinski definition) is 2. The van der Waals surface area contributed by atoms with Crippen molar-refractivity contribution in [3.8, 4) is 0 Å². The maximum Gasteiger partial charge on any atom is 0.328 e. The highest BCUT2D eigenvalue weighted by molar-refractivity contribution is 5.79. The summed E-state index contributed by atoms with van der Waals surface area (Å²) < 4.78 is 0. The number of hydrogen-bond acceptors (Lipinski definition) is 2. The Morgan fingerprint density at radius 3 is 2.46 bits per heavy atom. The highest BCUT2D eigenvalue weighted by atomic mass is 16.4. The van der Waals surface area contributed by atoms with Crippen molar-refractivity contribution in [2.75, 3.05) is 0 Å². The average molecular weight is 178 g/mol. The van der Waals surface area contributed by atoms with Crippen molar-refractivity contribution in [1.29, 1.82) is 0 Å². The first-order valence-corrected chi connectivity index (χ1v) is 3.84. The highest BCUT2D eigenvalue weighted by Gasteiger charge is 2.01. The normalized spacial score (nSPS) is 13.0. The fraction of sp³-hybridized carbons (Fsp3) is 0.100. The molecule has 0 bridgehead atoms. The number of carboxylic acid groups (broad SMARTS) is 1. The summed E-state index contributed by atoms with van der Waals surface area (Å²) in [5.41, 5.74) is 0.681. The minimum Gasteiger partial charge on any atom is -0.478 e. The Morgan fingerprint density at radius 2 is 1.92 bits per heavy atom. The van der Waals surface area contributed by atoms with Gasteiger partial charge in [-0.1, -0.05) is 30.3 Å². The molecule has 0 aliphatic carbocycles. The van der Waals surface area contributed by atoms with Crippen LogP contribution >= 0.6 is 0 Å². The predicted molar refractivity (Wildman–Crippen MR) is 48.2 cm³/mol. The van der Waals surface area contributed by atoms with E-state index in [0.29, 0.717) is 5.56 Å². The summed E-state index contributed by atoms with van der Waals surface area (Å²) in [6, 6.07) is 8.87. The number of rotatable bonds is 3. The van der Waals surface area contributed by atoms with Crippen molar-refractivity contribution in [3.05, 3.63) is 48.0 Å². The van der Waals surface area contributed by atoms with Gasteiger partial charge in [-0.2, -0.15) is 0 Å². The summed E-state index contributed by atoms with van der Waals surface area (Å²) in [7, 11) is 0. The molecule has 3 heteroatoms. The molecule has 0 aliphatic rings. The third kappa shape index (κ3) is 3.09. The summed E-state index contributed by atoms with van der Waals surface area (Å²) in [4.78, 5) is 10.1. The molecule has 2 N–H and O–H groups in total. The average Bonchev–Trinajstić information content (AvgIpc) is 2.15. The molecule has 1 aromatic carbocycles. The molecule has 0 saturated heterocycles. The molecule has 1 aromatic rings. The largest absolute Gasteiger partial charge is 0.478 e. The lowest BCUT2D eigenvalue weighted by molar-refractivity contribution is -0.131. The Hall–Kier alpha value is -1.61. The Kier molecular flexibility index (Phi) is 3.23. The fourth-order valence-electron chi connectivity index (χ4n) is 0.935. The second-order valence-electron chi connectivity index (χ2n) is 2.55. The van der Waals surface area contributed by atoms with Crippen LogP contribution in [0.3, 0.4) is 0 Å². The van der Waals surface area contributed by atoms with E-state index in [4.69, 9.17) is 5.11 Å². The number of aliphatic carboxylic acids is 1. The molecule has 0 aliphatic heterocycles. The number of carboxylic acids is 1. The van der Waals surface area contributed by atoms with Gasteiger partial charge in [0, 0.05) is 6.08 Å². The maximum absolute atomic E-state index is 10.1. The number of benzene rings is 1. The van der Waals surface area contributed by atoms with Crippen LogP contribution in [-0.4, -0.2) is 16.2 Å². The minimum atomic E-state index is -1.06. The first-order chi connectivity index (χ1) is 6.20. The van der Waals surface area contributed by atoms with E-state index in [0.717, 1.165) is 6.08 Å². The van der Waals surface area contributed by atoms with Gasteiger partial charge < -0.3 is 10.2 Å². The van der Waals surface area contributed by atoms with Crippen LogP contribution in [0.25, 0.3) is 0 Å². The van der Waals surface area contributed by atoms with Gasteiger partial charge in [0.2, 0.25) is 0 Å². The molecule has 0 radical (unpaired) electrons.